The van der Waals surface area contributed by atoms with Gasteiger partial charge < -0.3 is 19.3 Å². The van der Waals surface area contributed by atoms with Gasteiger partial charge in [0.25, 0.3) is 0 Å². The van der Waals surface area contributed by atoms with Gasteiger partial charge >= 0.3 is 12.1 Å². The van der Waals surface area contributed by atoms with Crippen LogP contribution in [0, 0.1) is 17.3 Å². The Labute approximate surface area is 384 Å². The third-order valence-electron chi connectivity index (χ3n) is 14.4. The highest BCUT2D eigenvalue weighted by Gasteiger charge is 2.56. The Morgan fingerprint density at radius 2 is 1.36 bits per heavy atom. The molecule has 2 aliphatic carbocycles. The number of nitrogens with zero attached hydrogens (tertiary/aromatic N) is 3. The molecule has 1 saturated heterocycles. The van der Waals surface area contributed by atoms with Gasteiger partial charge in [0, 0.05) is 54.7 Å². The molecular weight excluding hydrogens is 822 g/mol. The number of amides is 3. The fourth-order valence-electron chi connectivity index (χ4n) is 10.7. The molecule has 10 heteroatoms. The van der Waals surface area contributed by atoms with Crippen LogP contribution < -0.4 is 0 Å². The molecule has 1 heterocycles. The molecule has 7 rings (SSSR count). The lowest BCUT2D eigenvalue weighted by Gasteiger charge is -2.50. The fraction of sp³-hybridized carbons (Fsp3) is 0.444. The maximum atomic E-state index is 15.2. The van der Waals surface area contributed by atoms with Crippen LogP contribution in [0.4, 0.5) is 4.79 Å². The largest absolute Gasteiger partial charge is 0.448 e. The minimum absolute atomic E-state index is 0.0661. The molecule has 2 fully saturated rings. The number of allylic oxidation sites excluding steroid dienone is 1. The van der Waals surface area contributed by atoms with E-state index in [1.54, 1.807) is 25.1 Å². The summed E-state index contributed by atoms with van der Waals surface area (Å²) in [5.74, 6) is -1.75. The Balaban J connectivity index is 1.21. The van der Waals surface area contributed by atoms with Crippen molar-refractivity contribution in [3.63, 3.8) is 0 Å². The number of fused-ring (bicyclic) bond motifs is 3. The second-order valence-electron chi connectivity index (χ2n) is 18.4. The maximum Gasteiger partial charge on any atom is 0.410 e. The van der Waals surface area contributed by atoms with Gasteiger partial charge in [-0.2, -0.15) is 0 Å². The molecule has 338 valence electrons. The highest BCUT2D eigenvalue weighted by molar-refractivity contribution is 6.31. The van der Waals surface area contributed by atoms with Gasteiger partial charge in [0.15, 0.2) is 5.60 Å². The Morgan fingerprint density at radius 1 is 0.781 bits per heavy atom. The SMILES string of the molecule is C/C=C\C(C)(C(C)C)C(OC(=O)C[C@@H](C(=O)N1CCCCC1)N(C)C(=O)[C@H](C1CCCC1)N(C)C(=O)OCC1c2ccccc2-c2ccccc21)(c1ccccc1)c1ccccc1Cl. The zero-order valence-corrected chi connectivity index (χ0v) is 39.1. The first-order chi connectivity index (χ1) is 30.8. The number of hydrogen-bond acceptors (Lipinski definition) is 6. The van der Waals surface area contributed by atoms with Gasteiger partial charge in [0.2, 0.25) is 11.8 Å². The van der Waals surface area contributed by atoms with E-state index in [-0.39, 0.29) is 30.3 Å². The van der Waals surface area contributed by atoms with Crippen LogP contribution in [0.15, 0.2) is 115 Å². The van der Waals surface area contributed by atoms with Gasteiger partial charge in [-0.1, -0.05) is 154 Å². The first kappa shape index (κ1) is 46.6. The first-order valence-electron chi connectivity index (χ1n) is 23.1. The van der Waals surface area contributed by atoms with Crippen molar-refractivity contribution in [2.24, 2.45) is 17.3 Å². The normalized spacial score (nSPS) is 18.1. The standard InChI is InChI=1S/C54H64ClN3O6/c1-7-32-53(4,37(2)3)54(39-24-10-8-11-25-39,45-30-18-19-31-46(45)55)64-48(59)35-47(50(60)58-33-20-9-21-34-58)56(5)51(61)49(38-22-12-13-23-38)57(6)52(62)63-36-44-42-28-16-14-26-40(42)41-27-15-17-29-43(41)44/h7-8,10-11,14-19,24-32,37-38,44,47,49H,9,12-13,20-23,33-36H2,1-6H3/b32-7-/t47-,49-,53?,54?/m0/s1. The second-order valence-corrected chi connectivity index (χ2v) is 18.8. The Bertz CT molecular complexity index is 2270. The zero-order chi connectivity index (χ0) is 45.6. The third kappa shape index (κ3) is 8.97. The minimum Gasteiger partial charge on any atom is -0.448 e. The highest BCUT2D eigenvalue weighted by atomic mass is 35.5. The van der Waals surface area contributed by atoms with Crippen molar-refractivity contribution in [2.75, 3.05) is 33.8 Å². The van der Waals surface area contributed by atoms with Crippen LogP contribution in [-0.4, -0.2) is 84.5 Å². The number of esters is 1. The first-order valence-corrected chi connectivity index (χ1v) is 23.5. The molecule has 1 saturated carbocycles. The summed E-state index contributed by atoms with van der Waals surface area (Å²) >= 11 is 7.09. The number of ether oxygens (including phenoxy) is 2. The van der Waals surface area contributed by atoms with Gasteiger partial charge in [-0.05, 0) is 79.2 Å². The van der Waals surface area contributed by atoms with Gasteiger partial charge in [0.1, 0.15) is 18.7 Å². The van der Waals surface area contributed by atoms with Crippen molar-refractivity contribution in [3.05, 3.63) is 143 Å². The van der Waals surface area contributed by atoms with E-state index in [0.717, 1.165) is 72.8 Å². The number of piperidine rings is 1. The molecule has 0 bridgehead atoms. The number of carbonyl (C=O) groups excluding carboxylic acids is 4. The van der Waals surface area contributed by atoms with Crippen LogP contribution >= 0.6 is 11.6 Å². The van der Waals surface area contributed by atoms with Gasteiger partial charge in [-0.15, -0.1) is 0 Å². The molecule has 9 nitrogen and oxygen atoms in total. The molecule has 3 aliphatic rings. The molecule has 4 atom stereocenters. The van der Waals surface area contributed by atoms with Crippen LogP contribution in [0.2, 0.25) is 5.02 Å². The number of carbonyl (C=O) groups is 4. The van der Waals surface area contributed by atoms with Crippen LogP contribution in [0.1, 0.15) is 107 Å². The van der Waals surface area contributed by atoms with Crippen LogP contribution in [0.5, 0.6) is 0 Å². The number of benzene rings is 4. The fourth-order valence-corrected chi connectivity index (χ4v) is 10.9. The second kappa shape index (κ2) is 20.2. The molecule has 1 aliphatic heterocycles. The quantitative estimate of drug-likeness (QED) is 0.0871. The summed E-state index contributed by atoms with van der Waals surface area (Å²) in [6.07, 6.45) is 9.00. The Hall–Kier alpha value is -5.41. The van der Waals surface area contributed by atoms with Gasteiger partial charge in [0.05, 0.1) is 6.42 Å². The number of hydrogen-bond donors (Lipinski definition) is 0. The third-order valence-corrected chi connectivity index (χ3v) is 14.8. The molecule has 0 N–H and O–H groups in total. The average molecular weight is 887 g/mol. The Morgan fingerprint density at radius 3 is 1.95 bits per heavy atom. The molecule has 3 amide bonds. The molecule has 0 aromatic heterocycles. The van der Waals surface area contributed by atoms with Gasteiger partial charge in [-0.3, -0.25) is 19.3 Å². The number of rotatable bonds is 15. The lowest BCUT2D eigenvalue weighted by atomic mass is 9.60. The summed E-state index contributed by atoms with van der Waals surface area (Å²) in [4.78, 5) is 63.9. The Kier molecular flexibility index (Phi) is 14.7. The van der Waals surface area contributed by atoms with E-state index in [0.29, 0.717) is 23.7 Å². The molecule has 64 heavy (non-hydrogen) atoms. The molecular formula is C54H64ClN3O6. The molecule has 2 unspecified atom stereocenters. The number of likely N-dealkylation sites (N-methyl/N-ethyl adjacent to an activating group) is 2. The van der Waals surface area contributed by atoms with E-state index < -0.39 is 47.5 Å². The lowest BCUT2D eigenvalue weighted by molar-refractivity contribution is -0.173. The summed E-state index contributed by atoms with van der Waals surface area (Å²) in [5, 5.41) is 0.430. The van der Waals surface area contributed by atoms with Crippen LogP contribution in [0.25, 0.3) is 11.1 Å². The van der Waals surface area contributed by atoms with E-state index in [9.17, 15) is 9.59 Å². The molecule has 0 radical (unpaired) electrons. The van der Waals surface area contributed by atoms with E-state index >= 15 is 9.59 Å². The van der Waals surface area contributed by atoms with E-state index in [1.165, 1.54) is 9.80 Å². The highest BCUT2D eigenvalue weighted by Crippen LogP contribution is 2.55. The smallest absolute Gasteiger partial charge is 0.410 e. The van der Waals surface area contributed by atoms with Crippen molar-refractivity contribution in [3.8, 4) is 11.1 Å². The van der Waals surface area contributed by atoms with Crippen molar-refractivity contribution in [2.45, 2.75) is 103 Å². The summed E-state index contributed by atoms with van der Waals surface area (Å²) in [6.45, 7) is 9.35. The predicted molar refractivity (Wildman–Crippen MR) is 253 cm³/mol. The van der Waals surface area contributed by atoms with Crippen molar-refractivity contribution in [1.29, 1.82) is 0 Å². The van der Waals surface area contributed by atoms with Crippen molar-refractivity contribution < 1.29 is 28.7 Å². The van der Waals surface area contributed by atoms with Crippen molar-refractivity contribution >= 4 is 35.5 Å². The van der Waals surface area contributed by atoms with Crippen LogP contribution in [0.3, 0.4) is 0 Å². The topological polar surface area (TPSA) is 96.5 Å². The number of likely N-dealkylation sites (tertiary alicyclic amines) is 1. The molecule has 4 aromatic rings. The minimum atomic E-state index is -1.44. The number of halogens is 1. The summed E-state index contributed by atoms with van der Waals surface area (Å²) < 4.78 is 13.1. The monoisotopic (exact) mass is 885 g/mol. The van der Waals surface area contributed by atoms with E-state index in [2.05, 4.69) is 51.1 Å². The average Bonchev–Trinajstić information content (AvgIpc) is 3.96. The van der Waals surface area contributed by atoms with Crippen LogP contribution in [-0.2, 0) is 29.5 Å². The zero-order valence-electron chi connectivity index (χ0n) is 38.3. The molecule has 4 aromatic carbocycles. The van der Waals surface area contributed by atoms with Gasteiger partial charge in [-0.25, -0.2) is 4.79 Å². The summed E-state index contributed by atoms with van der Waals surface area (Å²) in [7, 11) is 3.21. The molecule has 0 spiro atoms. The van der Waals surface area contributed by atoms with E-state index in [1.807, 2.05) is 85.8 Å². The summed E-state index contributed by atoms with van der Waals surface area (Å²) in [5.41, 5.74) is 3.50. The van der Waals surface area contributed by atoms with E-state index in [4.69, 9.17) is 21.1 Å². The maximum absolute atomic E-state index is 15.2. The summed E-state index contributed by atoms with van der Waals surface area (Å²) in [6, 6.07) is 31.3. The predicted octanol–water partition coefficient (Wildman–Crippen LogP) is 11.0. The van der Waals surface area contributed by atoms with Crippen molar-refractivity contribution in [1.82, 2.24) is 14.7 Å². The lowest BCUT2D eigenvalue weighted by Crippen LogP contribution is -2.58.